The third-order valence-corrected chi connectivity index (χ3v) is 4.28. The molecule has 8 nitrogen and oxygen atoms in total. The van der Waals surface area contributed by atoms with Crippen LogP contribution in [-0.4, -0.2) is 56.1 Å². The fourth-order valence-electron chi connectivity index (χ4n) is 2.81. The highest BCUT2D eigenvalue weighted by molar-refractivity contribution is 5.80. The van der Waals surface area contributed by atoms with Crippen LogP contribution in [0.2, 0.25) is 0 Å². The van der Waals surface area contributed by atoms with Crippen LogP contribution in [0.4, 0.5) is 0 Å². The molecule has 8 heteroatoms. The minimum atomic E-state index is 0.218. The Kier molecular flexibility index (Phi) is 9.99. The van der Waals surface area contributed by atoms with Gasteiger partial charge in [-0.3, -0.25) is 4.99 Å². The van der Waals surface area contributed by atoms with E-state index in [1.54, 1.807) is 14.2 Å². The summed E-state index contributed by atoms with van der Waals surface area (Å²) in [5.41, 5.74) is 0.918. The van der Waals surface area contributed by atoms with Crippen LogP contribution in [0.1, 0.15) is 39.0 Å². The first kappa shape index (κ1) is 22.7. The average molecular weight is 404 g/mol. The normalized spacial score (nSPS) is 12.6. The number of methoxy groups -OCH3 is 2. The Labute approximate surface area is 173 Å². The van der Waals surface area contributed by atoms with Gasteiger partial charge >= 0.3 is 0 Å². The third-order valence-electron chi connectivity index (χ3n) is 4.28. The van der Waals surface area contributed by atoms with Crippen LogP contribution in [0, 0.1) is 0 Å². The lowest BCUT2D eigenvalue weighted by Crippen LogP contribution is -2.44. The van der Waals surface area contributed by atoms with Crippen molar-refractivity contribution in [2.24, 2.45) is 4.99 Å². The molecule has 2 N–H and O–H groups in total. The van der Waals surface area contributed by atoms with Gasteiger partial charge in [0.2, 0.25) is 11.7 Å². The number of nitrogens with zero attached hydrogens (tertiary/aromatic N) is 3. The van der Waals surface area contributed by atoms with E-state index >= 15 is 0 Å². The molecule has 2 aromatic rings. The first-order valence-electron chi connectivity index (χ1n) is 10.2. The third kappa shape index (κ3) is 8.11. The van der Waals surface area contributed by atoms with Crippen molar-refractivity contribution in [1.29, 1.82) is 0 Å². The molecule has 0 aliphatic carbocycles. The molecule has 1 heterocycles. The first-order chi connectivity index (χ1) is 14.2. The van der Waals surface area contributed by atoms with Crippen LogP contribution in [0.25, 0.3) is 11.4 Å². The molecule has 0 aliphatic heterocycles. The molecule has 0 amide bonds. The highest BCUT2D eigenvalue weighted by atomic mass is 16.5. The maximum Gasteiger partial charge on any atom is 0.226 e. The predicted octanol–water partition coefficient (Wildman–Crippen LogP) is 3.05. The molecule has 0 aliphatic rings. The summed E-state index contributed by atoms with van der Waals surface area (Å²) >= 11 is 0. The molecule has 1 aromatic carbocycles. The summed E-state index contributed by atoms with van der Waals surface area (Å²) in [6.45, 7) is 6.38. The molecular formula is C21H33N5O3. The molecule has 0 saturated carbocycles. The number of aromatic nitrogens is 2. The predicted molar refractivity (Wildman–Crippen MR) is 114 cm³/mol. The lowest BCUT2D eigenvalue weighted by Gasteiger charge is -2.16. The Bertz CT molecular complexity index is 730. The van der Waals surface area contributed by atoms with Gasteiger partial charge in [-0.2, -0.15) is 4.98 Å². The van der Waals surface area contributed by atoms with Crippen molar-refractivity contribution in [3.05, 3.63) is 30.2 Å². The van der Waals surface area contributed by atoms with Gasteiger partial charge in [-0.05, 0) is 51.0 Å². The van der Waals surface area contributed by atoms with Crippen LogP contribution in [0.15, 0.2) is 33.8 Å². The van der Waals surface area contributed by atoms with E-state index in [1.807, 2.05) is 24.3 Å². The zero-order chi connectivity index (χ0) is 20.9. The molecule has 0 bridgehead atoms. The van der Waals surface area contributed by atoms with Gasteiger partial charge in [0.25, 0.3) is 0 Å². The molecule has 0 fully saturated rings. The fourth-order valence-corrected chi connectivity index (χ4v) is 2.81. The average Bonchev–Trinajstić information content (AvgIpc) is 3.20. The minimum absolute atomic E-state index is 0.218. The topological polar surface area (TPSA) is 93.8 Å². The Hall–Kier alpha value is -2.61. The zero-order valence-corrected chi connectivity index (χ0v) is 17.9. The van der Waals surface area contributed by atoms with Gasteiger partial charge in [0.05, 0.1) is 13.7 Å². The van der Waals surface area contributed by atoms with Crippen LogP contribution in [-0.2, 0) is 11.2 Å². The second-order valence-electron chi connectivity index (χ2n) is 6.81. The number of ether oxygens (including phenoxy) is 2. The van der Waals surface area contributed by atoms with Crippen LogP contribution in [0.5, 0.6) is 5.75 Å². The number of hydrogen-bond donors (Lipinski definition) is 2. The Balaban J connectivity index is 1.71. The van der Waals surface area contributed by atoms with Gasteiger partial charge in [-0.15, -0.1) is 0 Å². The summed E-state index contributed by atoms with van der Waals surface area (Å²) in [5.74, 6) is 2.92. The summed E-state index contributed by atoms with van der Waals surface area (Å²) in [4.78, 5) is 9.09. The molecule has 160 valence electrons. The van der Waals surface area contributed by atoms with E-state index in [0.29, 0.717) is 18.3 Å². The van der Waals surface area contributed by atoms with Gasteiger partial charge in [0.15, 0.2) is 5.96 Å². The van der Waals surface area contributed by atoms with Crippen molar-refractivity contribution < 1.29 is 14.0 Å². The Morgan fingerprint density at radius 1 is 1.17 bits per heavy atom. The number of rotatable bonds is 12. The molecular weight excluding hydrogens is 370 g/mol. The van der Waals surface area contributed by atoms with E-state index in [1.165, 1.54) is 0 Å². The molecule has 1 unspecified atom stereocenters. The second-order valence-corrected chi connectivity index (χ2v) is 6.81. The number of hydrogen-bond acceptors (Lipinski definition) is 6. The van der Waals surface area contributed by atoms with E-state index < -0.39 is 0 Å². The molecule has 29 heavy (non-hydrogen) atoms. The van der Waals surface area contributed by atoms with Crippen LogP contribution < -0.4 is 15.4 Å². The smallest absolute Gasteiger partial charge is 0.226 e. The SMILES string of the molecule is CCNC(=NCCCCCc1nc(-c2ccc(OC)cc2)no1)NC(C)COC. The van der Waals surface area contributed by atoms with E-state index in [4.69, 9.17) is 14.0 Å². The highest BCUT2D eigenvalue weighted by Gasteiger charge is 2.09. The lowest BCUT2D eigenvalue weighted by atomic mass is 10.2. The van der Waals surface area contributed by atoms with Crippen LogP contribution >= 0.6 is 0 Å². The highest BCUT2D eigenvalue weighted by Crippen LogP contribution is 2.20. The number of nitrogens with one attached hydrogen (secondary N) is 2. The lowest BCUT2D eigenvalue weighted by molar-refractivity contribution is 0.179. The van der Waals surface area contributed by atoms with Crippen molar-refractivity contribution in [3.63, 3.8) is 0 Å². The Morgan fingerprint density at radius 3 is 2.66 bits per heavy atom. The standard InChI is InChI=1S/C21H33N5O3/c1-5-22-21(24-16(2)15-27-3)23-14-8-6-7-9-19-25-20(26-29-19)17-10-12-18(28-4)13-11-17/h10-13,16H,5-9,14-15H2,1-4H3,(H2,22,23,24). The second kappa shape index (κ2) is 12.8. The van der Waals surface area contributed by atoms with Crippen molar-refractivity contribution in [1.82, 2.24) is 20.8 Å². The van der Waals surface area contributed by atoms with Crippen molar-refractivity contribution in [3.8, 4) is 17.1 Å². The van der Waals surface area contributed by atoms with Gasteiger partial charge < -0.3 is 24.6 Å². The van der Waals surface area contributed by atoms with Gasteiger partial charge in [-0.1, -0.05) is 11.6 Å². The molecule has 1 atom stereocenters. The number of aliphatic imine (C=N–C) groups is 1. The van der Waals surface area contributed by atoms with Gasteiger partial charge in [0.1, 0.15) is 5.75 Å². The number of benzene rings is 1. The van der Waals surface area contributed by atoms with E-state index in [2.05, 4.69) is 39.6 Å². The maximum atomic E-state index is 5.37. The largest absolute Gasteiger partial charge is 0.497 e. The van der Waals surface area contributed by atoms with Crippen molar-refractivity contribution in [2.45, 2.75) is 45.6 Å². The van der Waals surface area contributed by atoms with Gasteiger partial charge in [-0.25, -0.2) is 0 Å². The summed E-state index contributed by atoms with van der Waals surface area (Å²) in [5, 5.41) is 10.7. The van der Waals surface area contributed by atoms with Crippen molar-refractivity contribution in [2.75, 3.05) is 33.9 Å². The first-order valence-corrected chi connectivity index (χ1v) is 10.2. The Morgan fingerprint density at radius 2 is 1.97 bits per heavy atom. The zero-order valence-electron chi connectivity index (χ0n) is 17.9. The van der Waals surface area contributed by atoms with E-state index in [0.717, 1.165) is 56.0 Å². The quantitative estimate of drug-likeness (QED) is 0.320. The molecule has 0 radical (unpaired) electrons. The van der Waals surface area contributed by atoms with E-state index in [9.17, 15) is 0 Å². The number of guanidine groups is 1. The van der Waals surface area contributed by atoms with Crippen LogP contribution in [0.3, 0.4) is 0 Å². The van der Waals surface area contributed by atoms with E-state index in [-0.39, 0.29) is 6.04 Å². The number of aryl methyl sites for hydroxylation is 1. The molecule has 0 saturated heterocycles. The molecule has 0 spiro atoms. The summed E-state index contributed by atoms with van der Waals surface area (Å²) in [6, 6.07) is 7.84. The summed E-state index contributed by atoms with van der Waals surface area (Å²) in [6.07, 6.45) is 3.82. The molecule has 1 aromatic heterocycles. The fraction of sp³-hybridized carbons (Fsp3) is 0.571. The van der Waals surface area contributed by atoms with Crippen molar-refractivity contribution >= 4 is 5.96 Å². The maximum absolute atomic E-state index is 5.37. The summed E-state index contributed by atoms with van der Waals surface area (Å²) in [7, 11) is 3.35. The molecule has 2 rings (SSSR count). The summed E-state index contributed by atoms with van der Waals surface area (Å²) < 4.78 is 15.7. The number of unbranched alkanes of at least 4 members (excludes halogenated alkanes) is 2. The van der Waals surface area contributed by atoms with Gasteiger partial charge in [0, 0.05) is 38.2 Å². The monoisotopic (exact) mass is 403 g/mol. The minimum Gasteiger partial charge on any atom is -0.497 e.